The molecular weight excluding hydrogens is 280 g/mol. The van der Waals surface area contributed by atoms with Crippen molar-refractivity contribution in [2.24, 2.45) is 0 Å². The van der Waals surface area contributed by atoms with E-state index in [2.05, 4.69) is 0 Å². The van der Waals surface area contributed by atoms with Gasteiger partial charge in [-0.15, -0.1) is 0 Å². The van der Waals surface area contributed by atoms with E-state index in [-0.39, 0.29) is 17.9 Å². The lowest BCUT2D eigenvalue weighted by molar-refractivity contribution is -0.386. The van der Waals surface area contributed by atoms with Gasteiger partial charge in [0.15, 0.2) is 0 Å². The molecule has 0 spiro atoms. The van der Waals surface area contributed by atoms with E-state index in [0.717, 1.165) is 0 Å². The lowest BCUT2D eigenvalue weighted by atomic mass is 10.1. The lowest BCUT2D eigenvalue weighted by Crippen LogP contribution is -1.98. The van der Waals surface area contributed by atoms with E-state index in [0.29, 0.717) is 16.3 Å². The molecule has 0 unspecified atom stereocenters. The number of nitro benzene ring substituents is 1. The van der Waals surface area contributed by atoms with Gasteiger partial charge in [-0.1, -0.05) is 35.9 Å². The van der Waals surface area contributed by atoms with Gasteiger partial charge in [0.1, 0.15) is 5.75 Å². The van der Waals surface area contributed by atoms with Crippen LogP contribution in [0.5, 0.6) is 11.5 Å². The van der Waals surface area contributed by atoms with Crippen LogP contribution >= 0.6 is 11.6 Å². The van der Waals surface area contributed by atoms with Gasteiger partial charge >= 0.3 is 5.69 Å². The molecule has 2 aromatic rings. The van der Waals surface area contributed by atoms with Gasteiger partial charge in [0.05, 0.1) is 22.4 Å². The van der Waals surface area contributed by atoms with Gasteiger partial charge in [0.2, 0.25) is 5.75 Å². The molecule has 0 N–H and O–H groups in total. The summed E-state index contributed by atoms with van der Waals surface area (Å²) in [6.45, 7) is 0. The first-order valence-electron chi connectivity index (χ1n) is 5.69. The zero-order chi connectivity index (χ0) is 14.5. The number of ether oxygens (including phenoxy) is 1. The molecule has 0 fully saturated rings. The highest BCUT2D eigenvalue weighted by molar-refractivity contribution is 6.32. The molecule has 0 atom stereocenters. The fraction of sp³-hybridized carbons (Fsp3) is 0.0714. The van der Waals surface area contributed by atoms with E-state index in [1.54, 1.807) is 30.3 Å². The monoisotopic (exact) mass is 288 g/mol. The van der Waals surface area contributed by atoms with Crippen molar-refractivity contribution in [1.82, 2.24) is 0 Å². The normalized spacial score (nSPS) is 9.80. The number of rotatable bonds is 4. The minimum atomic E-state index is -0.557. The van der Waals surface area contributed by atoms with Gasteiger partial charge in [-0.3, -0.25) is 10.1 Å². The smallest absolute Gasteiger partial charge is 0.315 e. The maximum absolute atomic E-state index is 11.2. The first kappa shape index (κ1) is 13.8. The molecule has 0 aliphatic carbocycles. The summed E-state index contributed by atoms with van der Waals surface area (Å²) >= 11 is 5.96. The summed E-state index contributed by atoms with van der Waals surface area (Å²) in [4.78, 5) is 10.6. The number of hydrogen-bond donors (Lipinski definition) is 0. The maximum atomic E-state index is 11.2. The average Bonchev–Trinajstić information content (AvgIpc) is 2.41. The summed E-state index contributed by atoms with van der Waals surface area (Å²) in [7, 11) is 0. The molecule has 0 aliphatic heterocycles. The Labute approximate surface area is 120 Å². The molecule has 0 heterocycles. The van der Waals surface area contributed by atoms with Gasteiger partial charge in [0, 0.05) is 5.56 Å². The summed E-state index contributed by atoms with van der Waals surface area (Å²) in [5.74, 6) is 0.391. The summed E-state index contributed by atoms with van der Waals surface area (Å²) < 4.78 is 5.51. The molecular formula is C14H9ClN2O3. The third kappa shape index (κ3) is 2.87. The fourth-order valence-corrected chi connectivity index (χ4v) is 1.91. The van der Waals surface area contributed by atoms with Crippen LogP contribution in [0.4, 0.5) is 5.69 Å². The van der Waals surface area contributed by atoms with Crippen molar-refractivity contribution < 1.29 is 9.66 Å². The Morgan fingerprint density at radius 2 is 1.90 bits per heavy atom. The molecule has 0 saturated carbocycles. The number of hydrogen-bond acceptors (Lipinski definition) is 4. The van der Waals surface area contributed by atoms with Crippen molar-refractivity contribution in [2.75, 3.05) is 0 Å². The molecule has 0 aromatic heterocycles. The third-order valence-corrected chi connectivity index (χ3v) is 2.90. The van der Waals surface area contributed by atoms with Gasteiger partial charge in [-0.2, -0.15) is 5.26 Å². The minimum absolute atomic E-state index is 0.0595. The van der Waals surface area contributed by atoms with Gasteiger partial charge in [-0.05, 0) is 18.2 Å². The zero-order valence-corrected chi connectivity index (χ0v) is 11.0. The van der Waals surface area contributed by atoms with Gasteiger partial charge < -0.3 is 4.74 Å². The predicted molar refractivity (Wildman–Crippen MR) is 73.9 cm³/mol. The summed E-state index contributed by atoms with van der Waals surface area (Å²) in [5.41, 5.74) is 0.0935. The molecule has 100 valence electrons. The van der Waals surface area contributed by atoms with Crippen molar-refractivity contribution in [3.63, 3.8) is 0 Å². The van der Waals surface area contributed by atoms with E-state index in [9.17, 15) is 10.1 Å². The molecule has 5 nitrogen and oxygen atoms in total. The second-order valence-electron chi connectivity index (χ2n) is 3.89. The van der Waals surface area contributed by atoms with E-state index in [1.807, 2.05) is 6.07 Å². The molecule has 2 aromatic carbocycles. The standard InChI is InChI=1S/C14H9ClN2O3/c15-11-5-1-2-6-12(11)20-13-7-3-4-10(8-9-16)14(13)17(18)19/h1-7H,8H2. The maximum Gasteiger partial charge on any atom is 0.315 e. The molecule has 6 heteroatoms. The number of nitro groups is 1. The number of nitriles is 1. The van der Waals surface area contributed by atoms with E-state index in [1.165, 1.54) is 12.1 Å². The quantitative estimate of drug-likeness (QED) is 0.626. The number of para-hydroxylation sites is 2. The Kier molecular flexibility index (Phi) is 4.18. The van der Waals surface area contributed by atoms with Crippen molar-refractivity contribution in [3.8, 4) is 17.6 Å². The fourth-order valence-electron chi connectivity index (χ4n) is 1.73. The highest BCUT2D eigenvalue weighted by Gasteiger charge is 2.21. The second-order valence-corrected chi connectivity index (χ2v) is 4.30. The van der Waals surface area contributed by atoms with Gasteiger partial charge in [-0.25, -0.2) is 0 Å². The van der Waals surface area contributed by atoms with Crippen LogP contribution in [0.15, 0.2) is 42.5 Å². The highest BCUT2D eigenvalue weighted by Crippen LogP contribution is 2.36. The van der Waals surface area contributed by atoms with E-state index in [4.69, 9.17) is 21.6 Å². The van der Waals surface area contributed by atoms with Crippen molar-refractivity contribution >= 4 is 17.3 Å². The molecule has 0 amide bonds. The van der Waals surface area contributed by atoms with Crippen LogP contribution in [0.1, 0.15) is 5.56 Å². The van der Waals surface area contributed by atoms with Crippen LogP contribution in [0.3, 0.4) is 0 Å². The number of benzene rings is 2. The van der Waals surface area contributed by atoms with Gasteiger partial charge in [0.25, 0.3) is 0 Å². The Morgan fingerprint density at radius 1 is 1.20 bits per heavy atom. The largest absolute Gasteiger partial charge is 0.449 e. The predicted octanol–water partition coefficient (Wildman–Crippen LogP) is 4.11. The number of nitrogens with zero attached hydrogens (tertiary/aromatic N) is 2. The zero-order valence-electron chi connectivity index (χ0n) is 10.2. The third-order valence-electron chi connectivity index (χ3n) is 2.59. The minimum Gasteiger partial charge on any atom is -0.449 e. The van der Waals surface area contributed by atoms with Crippen LogP contribution in [0.25, 0.3) is 0 Å². The highest BCUT2D eigenvalue weighted by atomic mass is 35.5. The molecule has 0 saturated heterocycles. The van der Waals surface area contributed by atoms with Crippen LogP contribution < -0.4 is 4.74 Å². The summed E-state index contributed by atoms with van der Waals surface area (Å²) in [6.07, 6.45) is -0.0595. The van der Waals surface area contributed by atoms with Crippen molar-refractivity contribution in [3.05, 3.63) is 63.2 Å². The average molecular weight is 289 g/mol. The van der Waals surface area contributed by atoms with E-state index < -0.39 is 4.92 Å². The second kappa shape index (κ2) is 6.04. The SMILES string of the molecule is N#CCc1cccc(Oc2ccccc2Cl)c1[N+](=O)[O-]. The van der Waals surface area contributed by atoms with Crippen LogP contribution in [0.2, 0.25) is 5.02 Å². The first-order chi connectivity index (χ1) is 9.63. The molecule has 2 rings (SSSR count). The van der Waals surface area contributed by atoms with Crippen LogP contribution in [-0.4, -0.2) is 4.92 Å². The summed E-state index contributed by atoms with van der Waals surface area (Å²) in [5, 5.41) is 20.2. The lowest BCUT2D eigenvalue weighted by Gasteiger charge is -2.09. The van der Waals surface area contributed by atoms with E-state index >= 15 is 0 Å². The first-order valence-corrected chi connectivity index (χ1v) is 6.07. The topological polar surface area (TPSA) is 76.2 Å². The Balaban J connectivity index is 2.47. The molecule has 20 heavy (non-hydrogen) atoms. The van der Waals surface area contributed by atoms with Crippen molar-refractivity contribution in [1.29, 1.82) is 5.26 Å². The molecule has 0 bridgehead atoms. The number of halogens is 1. The van der Waals surface area contributed by atoms with Crippen LogP contribution in [-0.2, 0) is 6.42 Å². The molecule has 0 radical (unpaired) electrons. The summed E-state index contributed by atoms with van der Waals surface area (Å²) in [6, 6.07) is 13.2. The van der Waals surface area contributed by atoms with Crippen LogP contribution in [0, 0.1) is 21.4 Å². The Morgan fingerprint density at radius 3 is 2.55 bits per heavy atom. The van der Waals surface area contributed by atoms with Crippen molar-refractivity contribution in [2.45, 2.75) is 6.42 Å². The Hall–Kier alpha value is -2.58. The molecule has 0 aliphatic rings. The Bertz CT molecular complexity index is 695.